The number of nitrogens with zero attached hydrogens (tertiary/aromatic N) is 2. The summed E-state index contributed by atoms with van der Waals surface area (Å²) in [7, 11) is 0. The summed E-state index contributed by atoms with van der Waals surface area (Å²) in [5.41, 5.74) is 1.08. The number of furan rings is 1. The van der Waals surface area contributed by atoms with Crippen LogP contribution in [-0.2, 0) is 0 Å². The Balaban J connectivity index is 2.35. The highest BCUT2D eigenvalue weighted by Gasteiger charge is 2.12. The molecule has 0 unspecified atom stereocenters. The van der Waals surface area contributed by atoms with Crippen molar-refractivity contribution in [2.75, 3.05) is 11.9 Å². The number of aromatic nitrogens is 2. The Morgan fingerprint density at radius 2 is 2.06 bits per heavy atom. The van der Waals surface area contributed by atoms with E-state index in [0.717, 1.165) is 39.4 Å². The summed E-state index contributed by atoms with van der Waals surface area (Å²) in [5.74, 6) is 2.61. The van der Waals surface area contributed by atoms with E-state index in [0.29, 0.717) is 0 Å². The Morgan fingerprint density at radius 3 is 2.67 bits per heavy atom. The molecule has 0 saturated carbocycles. The summed E-state index contributed by atoms with van der Waals surface area (Å²) < 4.78 is 5.30. The third-order valence-electron chi connectivity index (χ3n) is 2.58. The summed E-state index contributed by atoms with van der Waals surface area (Å²) in [4.78, 5) is 10.0. The average Bonchev–Trinajstić information content (AvgIpc) is 2.71. The molecule has 0 saturated heterocycles. The minimum atomic E-state index is 0.778. The molecule has 0 aliphatic carbocycles. The van der Waals surface area contributed by atoms with Crippen LogP contribution in [0, 0.1) is 20.8 Å². The second-order valence-electron chi connectivity index (χ2n) is 4.02. The topological polar surface area (TPSA) is 51.0 Å². The van der Waals surface area contributed by atoms with Gasteiger partial charge in [-0.15, -0.1) is 0 Å². The van der Waals surface area contributed by atoms with E-state index in [4.69, 9.17) is 4.42 Å². The van der Waals surface area contributed by atoms with Crippen LogP contribution < -0.4 is 5.32 Å². The molecule has 4 nitrogen and oxygen atoms in total. The molecule has 96 valence electrons. The smallest absolute Gasteiger partial charge is 0.133 e. The first-order valence-corrected chi connectivity index (χ1v) is 6.74. The molecular formula is C13H17N3OS. The molecule has 0 fully saturated rings. The van der Waals surface area contributed by atoms with Crippen LogP contribution in [0.4, 0.5) is 5.82 Å². The van der Waals surface area contributed by atoms with Crippen molar-refractivity contribution in [3.05, 3.63) is 29.5 Å². The lowest BCUT2D eigenvalue weighted by Gasteiger charge is -2.11. The quantitative estimate of drug-likeness (QED) is 0.854. The van der Waals surface area contributed by atoms with E-state index in [1.54, 1.807) is 18.0 Å². The number of aryl methyl sites for hydroxylation is 2. The lowest BCUT2D eigenvalue weighted by Crippen LogP contribution is -2.05. The SMILES string of the molecule is CCNc1nc(C)nc(Sc2ccoc2C)c1C. The van der Waals surface area contributed by atoms with Gasteiger partial charge in [-0.2, -0.15) is 0 Å². The van der Waals surface area contributed by atoms with Crippen molar-refractivity contribution in [2.24, 2.45) is 0 Å². The van der Waals surface area contributed by atoms with Gasteiger partial charge in [0.15, 0.2) is 0 Å². The van der Waals surface area contributed by atoms with Gasteiger partial charge in [0, 0.05) is 12.1 Å². The normalized spacial score (nSPS) is 10.7. The highest BCUT2D eigenvalue weighted by atomic mass is 32.2. The molecule has 2 rings (SSSR count). The Kier molecular flexibility index (Phi) is 3.91. The second-order valence-corrected chi connectivity index (χ2v) is 5.05. The van der Waals surface area contributed by atoms with Crippen molar-refractivity contribution in [1.82, 2.24) is 9.97 Å². The molecule has 2 aromatic heterocycles. The highest BCUT2D eigenvalue weighted by molar-refractivity contribution is 7.99. The summed E-state index contributed by atoms with van der Waals surface area (Å²) in [6, 6.07) is 1.96. The average molecular weight is 263 g/mol. The molecule has 0 amide bonds. The fourth-order valence-corrected chi connectivity index (χ4v) is 2.58. The van der Waals surface area contributed by atoms with Crippen LogP contribution in [0.25, 0.3) is 0 Å². The molecule has 2 aromatic rings. The fraction of sp³-hybridized carbons (Fsp3) is 0.385. The van der Waals surface area contributed by atoms with Gasteiger partial charge in [0.1, 0.15) is 22.4 Å². The zero-order valence-corrected chi connectivity index (χ0v) is 11.9. The summed E-state index contributed by atoms with van der Waals surface area (Å²) in [5, 5.41) is 4.24. The minimum Gasteiger partial charge on any atom is -0.468 e. The molecule has 0 aromatic carbocycles. The van der Waals surface area contributed by atoms with E-state index in [1.807, 2.05) is 26.8 Å². The molecule has 0 atom stereocenters. The van der Waals surface area contributed by atoms with Gasteiger partial charge in [-0.3, -0.25) is 0 Å². The highest BCUT2D eigenvalue weighted by Crippen LogP contribution is 2.33. The lowest BCUT2D eigenvalue weighted by molar-refractivity contribution is 0.527. The molecule has 5 heteroatoms. The van der Waals surface area contributed by atoms with Crippen LogP contribution in [0.5, 0.6) is 0 Å². The van der Waals surface area contributed by atoms with Crippen LogP contribution in [-0.4, -0.2) is 16.5 Å². The van der Waals surface area contributed by atoms with Gasteiger partial charge in [0.05, 0.1) is 11.2 Å². The third-order valence-corrected chi connectivity index (χ3v) is 3.81. The van der Waals surface area contributed by atoms with Gasteiger partial charge in [-0.05, 0) is 33.8 Å². The zero-order chi connectivity index (χ0) is 13.1. The van der Waals surface area contributed by atoms with Gasteiger partial charge in [-0.1, -0.05) is 11.8 Å². The maximum absolute atomic E-state index is 5.30. The predicted molar refractivity (Wildman–Crippen MR) is 73.2 cm³/mol. The minimum absolute atomic E-state index is 0.778. The molecule has 0 aliphatic heterocycles. The van der Waals surface area contributed by atoms with Crippen molar-refractivity contribution in [3.63, 3.8) is 0 Å². The molecule has 2 heterocycles. The number of hydrogen-bond acceptors (Lipinski definition) is 5. The van der Waals surface area contributed by atoms with Crippen LogP contribution >= 0.6 is 11.8 Å². The molecule has 0 bridgehead atoms. The Morgan fingerprint density at radius 1 is 1.28 bits per heavy atom. The van der Waals surface area contributed by atoms with Crippen LogP contribution in [0.15, 0.2) is 26.7 Å². The standard InChI is InChI=1S/C13H17N3OS/c1-5-14-12-8(2)13(16-10(4)15-12)18-11-6-7-17-9(11)3/h6-7H,5H2,1-4H3,(H,14,15,16). The van der Waals surface area contributed by atoms with Crippen molar-refractivity contribution < 1.29 is 4.42 Å². The Labute approximate surface area is 111 Å². The lowest BCUT2D eigenvalue weighted by atomic mass is 10.3. The molecular weight excluding hydrogens is 246 g/mol. The fourth-order valence-electron chi connectivity index (χ4n) is 1.63. The molecule has 0 spiro atoms. The van der Waals surface area contributed by atoms with Gasteiger partial charge in [0.25, 0.3) is 0 Å². The number of anilines is 1. The monoisotopic (exact) mass is 263 g/mol. The summed E-state index contributed by atoms with van der Waals surface area (Å²) >= 11 is 1.62. The second kappa shape index (κ2) is 5.44. The van der Waals surface area contributed by atoms with Crippen LogP contribution in [0.1, 0.15) is 24.1 Å². The van der Waals surface area contributed by atoms with Gasteiger partial charge >= 0.3 is 0 Å². The van der Waals surface area contributed by atoms with Gasteiger partial charge < -0.3 is 9.73 Å². The van der Waals surface area contributed by atoms with E-state index in [9.17, 15) is 0 Å². The summed E-state index contributed by atoms with van der Waals surface area (Å²) in [6.45, 7) is 8.81. The Hall–Kier alpha value is -1.49. The maximum atomic E-state index is 5.30. The first-order valence-electron chi connectivity index (χ1n) is 5.93. The van der Waals surface area contributed by atoms with Crippen molar-refractivity contribution in [1.29, 1.82) is 0 Å². The summed E-state index contributed by atoms with van der Waals surface area (Å²) in [6.07, 6.45) is 1.70. The first kappa shape index (κ1) is 13.0. The zero-order valence-electron chi connectivity index (χ0n) is 11.1. The van der Waals surface area contributed by atoms with E-state index >= 15 is 0 Å². The van der Waals surface area contributed by atoms with E-state index in [2.05, 4.69) is 22.2 Å². The third kappa shape index (κ3) is 2.67. The predicted octanol–water partition coefficient (Wildman–Crippen LogP) is 3.58. The van der Waals surface area contributed by atoms with E-state index in [-0.39, 0.29) is 0 Å². The van der Waals surface area contributed by atoms with Crippen molar-refractivity contribution in [3.8, 4) is 0 Å². The Bertz CT molecular complexity index is 551. The molecule has 18 heavy (non-hydrogen) atoms. The van der Waals surface area contributed by atoms with E-state index < -0.39 is 0 Å². The van der Waals surface area contributed by atoms with Crippen molar-refractivity contribution >= 4 is 17.6 Å². The van der Waals surface area contributed by atoms with E-state index in [1.165, 1.54) is 0 Å². The van der Waals surface area contributed by atoms with Crippen LogP contribution in [0.3, 0.4) is 0 Å². The molecule has 0 radical (unpaired) electrons. The first-order chi connectivity index (χ1) is 8.61. The molecule has 0 aliphatic rings. The number of rotatable bonds is 4. The van der Waals surface area contributed by atoms with Crippen molar-refractivity contribution in [2.45, 2.75) is 37.6 Å². The number of hydrogen-bond donors (Lipinski definition) is 1. The maximum Gasteiger partial charge on any atom is 0.133 e. The molecule has 1 N–H and O–H groups in total. The van der Waals surface area contributed by atoms with Gasteiger partial charge in [-0.25, -0.2) is 9.97 Å². The number of nitrogens with one attached hydrogen (secondary N) is 1. The largest absolute Gasteiger partial charge is 0.468 e. The van der Waals surface area contributed by atoms with Gasteiger partial charge in [0.2, 0.25) is 0 Å². The van der Waals surface area contributed by atoms with Crippen LogP contribution in [0.2, 0.25) is 0 Å².